The van der Waals surface area contributed by atoms with Crippen LogP contribution in [0.2, 0.25) is 0 Å². The van der Waals surface area contributed by atoms with Crippen molar-refractivity contribution in [3.8, 4) is 0 Å². The second-order valence-corrected chi connectivity index (χ2v) is 7.56. The van der Waals surface area contributed by atoms with Crippen molar-refractivity contribution in [2.75, 3.05) is 23.7 Å². The monoisotopic (exact) mass is 376 g/mol. The highest BCUT2D eigenvalue weighted by Gasteiger charge is 2.07. The van der Waals surface area contributed by atoms with Gasteiger partial charge >= 0.3 is 0 Å². The molecule has 0 heterocycles. The molecule has 158 valence electrons. The molecule has 0 unspecified atom stereocenters. The number of hydrogen-bond acceptors (Lipinski definition) is 2. The summed E-state index contributed by atoms with van der Waals surface area (Å²) in [7, 11) is 0. The van der Waals surface area contributed by atoms with E-state index in [9.17, 15) is 0 Å². The van der Waals surface area contributed by atoms with Crippen molar-refractivity contribution in [1.29, 1.82) is 0 Å². The van der Waals surface area contributed by atoms with Gasteiger partial charge in [-0.25, -0.2) is 0 Å². The van der Waals surface area contributed by atoms with E-state index in [1.807, 2.05) is 13.8 Å². The normalized spacial score (nSPS) is 10.4. The lowest BCUT2D eigenvalue weighted by Crippen LogP contribution is -2.25. The van der Waals surface area contributed by atoms with Crippen LogP contribution < -0.4 is 10.6 Å². The molecule has 2 N–H and O–H groups in total. The van der Waals surface area contributed by atoms with Crippen molar-refractivity contribution < 1.29 is 0 Å². The summed E-state index contributed by atoms with van der Waals surface area (Å²) in [6.45, 7) is 13.1. The number of rotatable bonds is 15. The SMILES string of the molecule is CC.CCCCCCCCN(CCCCCCCC)c1ccc(N)c(C)c1. The van der Waals surface area contributed by atoms with Gasteiger partial charge in [-0.3, -0.25) is 0 Å². The third-order valence-electron chi connectivity index (χ3n) is 5.18. The highest BCUT2D eigenvalue weighted by atomic mass is 15.1. The summed E-state index contributed by atoms with van der Waals surface area (Å²) in [5.74, 6) is 0. The minimum Gasteiger partial charge on any atom is -0.399 e. The zero-order valence-electron chi connectivity index (χ0n) is 19.2. The summed E-state index contributed by atoms with van der Waals surface area (Å²) in [6, 6.07) is 6.54. The third kappa shape index (κ3) is 12.8. The molecule has 0 aliphatic carbocycles. The van der Waals surface area contributed by atoms with E-state index in [2.05, 4.69) is 43.9 Å². The third-order valence-corrected chi connectivity index (χ3v) is 5.18. The molecular formula is C25H48N2. The van der Waals surface area contributed by atoms with E-state index in [1.165, 1.54) is 101 Å². The molecule has 0 aliphatic heterocycles. The molecular weight excluding hydrogens is 328 g/mol. The van der Waals surface area contributed by atoms with Crippen molar-refractivity contribution in [3.05, 3.63) is 23.8 Å². The summed E-state index contributed by atoms with van der Waals surface area (Å²) in [6.07, 6.45) is 16.3. The van der Waals surface area contributed by atoms with E-state index in [1.54, 1.807) is 0 Å². The van der Waals surface area contributed by atoms with Crippen molar-refractivity contribution in [1.82, 2.24) is 0 Å². The average molecular weight is 377 g/mol. The number of benzene rings is 1. The lowest BCUT2D eigenvalue weighted by Gasteiger charge is -2.26. The van der Waals surface area contributed by atoms with Crippen LogP contribution in [-0.2, 0) is 0 Å². The first-order valence-corrected chi connectivity index (χ1v) is 11.8. The Morgan fingerprint density at radius 3 is 1.59 bits per heavy atom. The van der Waals surface area contributed by atoms with Gasteiger partial charge in [0.2, 0.25) is 0 Å². The Hall–Kier alpha value is -1.18. The van der Waals surface area contributed by atoms with E-state index in [0.717, 1.165) is 5.69 Å². The summed E-state index contributed by atoms with van der Waals surface area (Å²) in [4.78, 5) is 2.59. The molecule has 2 heteroatoms. The minimum atomic E-state index is 0.905. The molecule has 0 spiro atoms. The maximum atomic E-state index is 6.01. The molecule has 1 rings (SSSR count). The number of hydrogen-bond donors (Lipinski definition) is 1. The van der Waals surface area contributed by atoms with Gasteiger partial charge in [0.15, 0.2) is 0 Å². The summed E-state index contributed by atoms with van der Waals surface area (Å²) < 4.78 is 0. The predicted octanol–water partition coefficient (Wildman–Crippen LogP) is 8.13. The van der Waals surface area contributed by atoms with Crippen LogP contribution >= 0.6 is 0 Å². The first-order chi connectivity index (χ1) is 13.2. The molecule has 27 heavy (non-hydrogen) atoms. The van der Waals surface area contributed by atoms with Crippen LogP contribution in [0.5, 0.6) is 0 Å². The van der Waals surface area contributed by atoms with Gasteiger partial charge < -0.3 is 10.6 Å². The van der Waals surface area contributed by atoms with Gasteiger partial charge in [-0.2, -0.15) is 0 Å². The first-order valence-electron chi connectivity index (χ1n) is 11.8. The molecule has 0 atom stereocenters. The zero-order chi connectivity index (χ0) is 20.3. The minimum absolute atomic E-state index is 0.905. The molecule has 0 saturated carbocycles. The fourth-order valence-electron chi connectivity index (χ4n) is 3.39. The topological polar surface area (TPSA) is 29.3 Å². The van der Waals surface area contributed by atoms with Gasteiger partial charge in [0.05, 0.1) is 0 Å². The van der Waals surface area contributed by atoms with Crippen LogP contribution in [0.3, 0.4) is 0 Å². The van der Waals surface area contributed by atoms with Crippen LogP contribution in [-0.4, -0.2) is 13.1 Å². The van der Waals surface area contributed by atoms with Crippen molar-refractivity contribution >= 4 is 11.4 Å². The molecule has 0 fully saturated rings. The summed E-state index contributed by atoms with van der Waals surface area (Å²) in [5.41, 5.74) is 9.47. The van der Waals surface area contributed by atoms with Crippen LogP contribution in [0.4, 0.5) is 11.4 Å². The molecule has 0 bridgehead atoms. The lowest BCUT2D eigenvalue weighted by molar-refractivity contribution is 0.575. The summed E-state index contributed by atoms with van der Waals surface area (Å²) in [5, 5.41) is 0. The van der Waals surface area contributed by atoms with Gasteiger partial charge in [0, 0.05) is 24.5 Å². The Balaban J connectivity index is 0.00000326. The predicted molar refractivity (Wildman–Crippen MR) is 126 cm³/mol. The fraction of sp³-hybridized carbons (Fsp3) is 0.760. The Morgan fingerprint density at radius 2 is 1.15 bits per heavy atom. The van der Waals surface area contributed by atoms with Crippen molar-refractivity contribution in [3.63, 3.8) is 0 Å². The molecule has 0 aromatic heterocycles. The van der Waals surface area contributed by atoms with E-state index in [4.69, 9.17) is 5.73 Å². The van der Waals surface area contributed by atoms with Crippen LogP contribution in [0.25, 0.3) is 0 Å². The quantitative estimate of drug-likeness (QED) is 0.247. The van der Waals surface area contributed by atoms with E-state index >= 15 is 0 Å². The smallest absolute Gasteiger partial charge is 0.0370 e. The molecule has 1 aromatic rings. The Morgan fingerprint density at radius 1 is 0.704 bits per heavy atom. The Kier molecular flexibility index (Phi) is 17.4. The van der Waals surface area contributed by atoms with Gasteiger partial charge in [-0.05, 0) is 43.5 Å². The molecule has 0 aliphatic rings. The highest BCUT2D eigenvalue weighted by Crippen LogP contribution is 2.22. The fourth-order valence-corrected chi connectivity index (χ4v) is 3.39. The number of nitrogen functional groups attached to an aromatic ring is 1. The second-order valence-electron chi connectivity index (χ2n) is 7.56. The van der Waals surface area contributed by atoms with E-state index < -0.39 is 0 Å². The maximum absolute atomic E-state index is 6.01. The zero-order valence-corrected chi connectivity index (χ0v) is 19.2. The van der Waals surface area contributed by atoms with Crippen molar-refractivity contribution in [2.24, 2.45) is 0 Å². The van der Waals surface area contributed by atoms with Crippen molar-refractivity contribution in [2.45, 2.75) is 112 Å². The molecule has 0 saturated heterocycles. The van der Waals surface area contributed by atoms with Gasteiger partial charge in [0.1, 0.15) is 0 Å². The largest absolute Gasteiger partial charge is 0.399 e. The first kappa shape index (κ1) is 25.8. The number of unbranched alkanes of at least 4 members (excludes halogenated alkanes) is 10. The lowest BCUT2D eigenvalue weighted by atomic mass is 10.1. The van der Waals surface area contributed by atoms with Crippen LogP contribution in [0, 0.1) is 6.92 Å². The number of nitrogens with two attached hydrogens (primary N) is 1. The number of nitrogens with zero attached hydrogens (tertiary/aromatic N) is 1. The molecule has 2 nitrogen and oxygen atoms in total. The summed E-state index contributed by atoms with van der Waals surface area (Å²) >= 11 is 0. The van der Waals surface area contributed by atoms with E-state index in [0.29, 0.717) is 0 Å². The Labute approximate surface area is 170 Å². The van der Waals surface area contributed by atoms with Gasteiger partial charge in [0.25, 0.3) is 0 Å². The van der Waals surface area contributed by atoms with Gasteiger partial charge in [-0.15, -0.1) is 0 Å². The van der Waals surface area contributed by atoms with Crippen LogP contribution in [0.15, 0.2) is 18.2 Å². The van der Waals surface area contributed by atoms with E-state index in [-0.39, 0.29) is 0 Å². The van der Waals surface area contributed by atoms with Gasteiger partial charge in [-0.1, -0.05) is 91.9 Å². The Bertz CT molecular complexity index is 426. The second kappa shape index (κ2) is 18.2. The standard InChI is InChI=1S/C23H42N2.C2H6/c1-4-6-8-10-12-14-18-25(19-15-13-11-9-7-5-2)22-16-17-23(24)21(3)20-22;1-2/h16-17,20H,4-15,18-19,24H2,1-3H3;1-2H3. The molecule has 0 amide bonds. The molecule has 0 radical (unpaired) electrons. The number of aryl methyl sites for hydroxylation is 1. The highest BCUT2D eigenvalue weighted by molar-refractivity contribution is 5.58. The van der Waals surface area contributed by atoms with Crippen LogP contribution in [0.1, 0.15) is 110 Å². The maximum Gasteiger partial charge on any atom is 0.0370 e. The average Bonchev–Trinajstić information content (AvgIpc) is 2.69. The number of anilines is 2. The molecule has 1 aromatic carbocycles.